The molecule has 2 rings (SSSR count). The highest BCUT2D eigenvalue weighted by Gasteiger charge is 2.11. The molecule has 1 aliphatic carbocycles. The first-order chi connectivity index (χ1) is 8.40. The van der Waals surface area contributed by atoms with E-state index in [1.807, 2.05) is 6.20 Å². The molecule has 0 unspecified atom stereocenters. The normalized spacial score (nSPS) is 18.9. The maximum absolute atomic E-state index is 4.41. The van der Waals surface area contributed by atoms with Crippen LogP contribution in [-0.2, 0) is 13.1 Å². The van der Waals surface area contributed by atoms with Gasteiger partial charge in [-0.1, -0.05) is 32.1 Å². The van der Waals surface area contributed by atoms with Gasteiger partial charge in [-0.3, -0.25) is 0 Å². The molecule has 1 saturated carbocycles. The topological polar surface area (TPSA) is 29.9 Å². The predicted octanol–water partition coefficient (Wildman–Crippen LogP) is 3.11. The van der Waals surface area contributed by atoms with Gasteiger partial charge in [-0.15, -0.1) is 0 Å². The van der Waals surface area contributed by atoms with Crippen LogP contribution in [0.15, 0.2) is 12.4 Å². The zero-order valence-electron chi connectivity index (χ0n) is 11.0. The molecule has 17 heavy (non-hydrogen) atoms. The largest absolute Gasteiger partial charge is 0.334 e. The molecule has 0 bridgehead atoms. The molecular formula is C14H25N3. The Balaban J connectivity index is 1.79. The van der Waals surface area contributed by atoms with Gasteiger partial charge in [-0.2, -0.15) is 0 Å². The summed E-state index contributed by atoms with van der Waals surface area (Å²) in [5.74, 6) is 1.18. The average Bonchev–Trinajstić information content (AvgIpc) is 2.75. The molecule has 0 saturated heterocycles. The maximum Gasteiger partial charge on any atom is 0.122 e. The van der Waals surface area contributed by atoms with Gasteiger partial charge in [0.15, 0.2) is 0 Å². The molecule has 1 aliphatic rings. The monoisotopic (exact) mass is 235 g/mol. The van der Waals surface area contributed by atoms with E-state index < -0.39 is 0 Å². The first kappa shape index (κ1) is 12.6. The van der Waals surface area contributed by atoms with Gasteiger partial charge in [0.25, 0.3) is 0 Å². The number of hydrogen-bond acceptors (Lipinski definition) is 2. The van der Waals surface area contributed by atoms with Gasteiger partial charge in [-0.05, 0) is 19.8 Å². The van der Waals surface area contributed by atoms with E-state index in [0.717, 1.165) is 13.1 Å². The van der Waals surface area contributed by atoms with Crippen LogP contribution in [-0.4, -0.2) is 15.6 Å². The lowest BCUT2D eigenvalue weighted by Crippen LogP contribution is -2.30. The van der Waals surface area contributed by atoms with Crippen molar-refractivity contribution in [3.8, 4) is 0 Å². The number of aryl methyl sites for hydroxylation is 1. The minimum Gasteiger partial charge on any atom is -0.334 e. The van der Waals surface area contributed by atoms with Crippen LogP contribution < -0.4 is 5.32 Å². The van der Waals surface area contributed by atoms with E-state index in [0.29, 0.717) is 6.04 Å². The number of nitrogens with one attached hydrogen (secondary N) is 1. The van der Waals surface area contributed by atoms with Crippen LogP contribution in [0.4, 0.5) is 0 Å². The number of imidazole rings is 1. The van der Waals surface area contributed by atoms with Crippen LogP contribution in [0.1, 0.15) is 57.7 Å². The molecule has 96 valence electrons. The Morgan fingerprint density at radius 1 is 1.24 bits per heavy atom. The fourth-order valence-corrected chi connectivity index (χ4v) is 2.69. The van der Waals surface area contributed by atoms with Gasteiger partial charge in [0, 0.05) is 25.0 Å². The van der Waals surface area contributed by atoms with Crippen molar-refractivity contribution in [1.29, 1.82) is 0 Å². The summed E-state index contributed by atoms with van der Waals surface area (Å²) in [6, 6.07) is 0.706. The quantitative estimate of drug-likeness (QED) is 0.869. The fourth-order valence-electron chi connectivity index (χ4n) is 2.69. The predicted molar refractivity (Wildman–Crippen MR) is 70.8 cm³/mol. The lowest BCUT2D eigenvalue weighted by atomic mass is 9.97. The molecule has 1 heterocycles. The Morgan fingerprint density at radius 3 is 2.65 bits per heavy atom. The summed E-state index contributed by atoms with van der Waals surface area (Å²) >= 11 is 0. The molecule has 0 amide bonds. The summed E-state index contributed by atoms with van der Waals surface area (Å²) in [6.45, 7) is 4.11. The van der Waals surface area contributed by atoms with E-state index in [-0.39, 0.29) is 0 Å². The van der Waals surface area contributed by atoms with Crippen LogP contribution in [0.25, 0.3) is 0 Å². The van der Waals surface area contributed by atoms with Crippen LogP contribution in [0, 0.1) is 0 Å². The highest BCUT2D eigenvalue weighted by atomic mass is 15.1. The highest BCUT2D eigenvalue weighted by Crippen LogP contribution is 2.17. The molecule has 1 aromatic rings. The number of hydrogen-bond donors (Lipinski definition) is 1. The van der Waals surface area contributed by atoms with E-state index >= 15 is 0 Å². The fraction of sp³-hybridized carbons (Fsp3) is 0.786. The summed E-state index contributed by atoms with van der Waals surface area (Å²) < 4.78 is 2.22. The van der Waals surface area contributed by atoms with Crippen LogP contribution in [0.2, 0.25) is 0 Å². The Kier molecular flexibility index (Phi) is 5.05. The molecular weight excluding hydrogens is 210 g/mol. The number of nitrogens with zero attached hydrogens (tertiary/aromatic N) is 2. The van der Waals surface area contributed by atoms with Crippen molar-refractivity contribution in [2.75, 3.05) is 0 Å². The van der Waals surface area contributed by atoms with Crippen molar-refractivity contribution in [3.63, 3.8) is 0 Å². The first-order valence-corrected chi connectivity index (χ1v) is 7.13. The SMILES string of the molecule is CCn1ccnc1CNC1CCCCCCC1. The van der Waals surface area contributed by atoms with Gasteiger partial charge in [0.2, 0.25) is 0 Å². The minimum absolute atomic E-state index is 0.706. The molecule has 3 nitrogen and oxygen atoms in total. The molecule has 1 N–H and O–H groups in total. The summed E-state index contributed by atoms with van der Waals surface area (Å²) in [5.41, 5.74) is 0. The van der Waals surface area contributed by atoms with Crippen molar-refractivity contribution >= 4 is 0 Å². The second kappa shape index (κ2) is 6.80. The van der Waals surface area contributed by atoms with Gasteiger partial charge in [-0.25, -0.2) is 4.98 Å². The van der Waals surface area contributed by atoms with Gasteiger partial charge in [0.1, 0.15) is 5.82 Å². The van der Waals surface area contributed by atoms with Crippen LogP contribution in [0.5, 0.6) is 0 Å². The van der Waals surface area contributed by atoms with Crippen LogP contribution >= 0.6 is 0 Å². The summed E-state index contributed by atoms with van der Waals surface area (Å²) in [6.07, 6.45) is 13.7. The van der Waals surface area contributed by atoms with Crippen molar-refractivity contribution < 1.29 is 0 Å². The van der Waals surface area contributed by atoms with E-state index in [1.165, 1.54) is 50.8 Å². The number of aromatic nitrogens is 2. The van der Waals surface area contributed by atoms with Gasteiger partial charge in [0.05, 0.1) is 6.54 Å². The molecule has 0 radical (unpaired) electrons. The third-order valence-electron chi connectivity index (χ3n) is 3.80. The third kappa shape index (κ3) is 3.84. The van der Waals surface area contributed by atoms with Gasteiger partial charge >= 0.3 is 0 Å². The van der Waals surface area contributed by atoms with E-state index in [9.17, 15) is 0 Å². The summed E-state index contributed by atoms with van der Waals surface area (Å²) in [5, 5.41) is 3.68. The standard InChI is InChI=1S/C14H25N3/c1-2-17-11-10-15-14(17)12-16-13-8-6-4-3-5-7-9-13/h10-11,13,16H,2-9,12H2,1H3. The average molecular weight is 235 g/mol. The minimum atomic E-state index is 0.706. The summed E-state index contributed by atoms with van der Waals surface area (Å²) in [7, 11) is 0. The van der Waals surface area contributed by atoms with Crippen molar-refractivity contribution in [2.24, 2.45) is 0 Å². The molecule has 3 heteroatoms. The molecule has 0 aromatic carbocycles. The van der Waals surface area contributed by atoms with Crippen molar-refractivity contribution in [1.82, 2.24) is 14.9 Å². The Bertz CT molecular complexity index is 311. The molecule has 0 spiro atoms. The van der Waals surface area contributed by atoms with E-state index in [4.69, 9.17) is 0 Å². The summed E-state index contributed by atoms with van der Waals surface area (Å²) in [4.78, 5) is 4.41. The Morgan fingerprint density at radius 2 is 1.94 bits per heavy atom. The lowest BCUT2D eigenvalue weighted by molar-refractivity contribution is 0.383. The van der Waals surface area contributed by atoms with Crippen molar-refractivity contribution in [2.45, 2.75) is 71.0 Å². The zero-order valence-corrected chi connectivity index (χ0v) is 11.0. The molecule has 0 aliphatic heterocycles. The van der Waals surface area contributed by atoms with Crippen LogP contribution in [0.3, 0.4) is 0 Å². The second-order valence-electron chi connectivity index (χ2n) is 5.05. The first-order valence-electron chi connectivity index (χ1n) is 7.13. The molecule has 1 fully saturated rings. The maximum atomic E-state index is 4.41. The number of rotatable bonds is 4. The molecule has 0 atom stereocenters. The highest BCUT2D eigenvalue weighted by molar-refractivity contribution is 4.92. The van der Waals surface area contributed by atoms with E-state index in [1.54, 1.807) is 0 Å². The Hall–Kier alpha value is -0.830. The van der Waals surface area contributed by atoms with E-state index in [2.05, 4.69) is 28.0 Å². The lowest BCUT2D eigenvalue weighted by Gasteiger charge is -2.21. The van der Waals surface area contributed by atoms with Gasteiger partial charge < -0.3 is 9.88 Å². The van der Waals surface area contributed by atoms with Crippen molar-refractivity contribution in [3.05, 3.63) is 18.2 Å². The zero-order chi connectivity index (χ0) is 11.9. The smallest absolute Gasteiger partial charge is 0.122 e. The molecule has 1 aromatic heterocycles. The third-order valence-corrected chi connectivity index (χ3v) is 3.80. The second-order valence-corrected chi connectivity index (χ2v) is 5.05. The Labute approximate surface area is 105 Å².